The maximum atomic E-state index is 12.7. The first kappa shape index (κ1) is 22.9. The Morgan fingerprint density at radius 2 is 1.34 bits per heavy atom. The highest BCUT2D eigenvalue weighted by atomic mass is 16.5. The Hall–Kier alpha value is -3.81. The van der Waals surface area contributed by atoms with Crippen molar-refractivity contribution in [3.63, 3.8) is 0 Å². The first-order valence-electron chi connectivity index (χ1n) is 10.2. The lowest BCUT2D eigenvalue weighted by atomic mass is 10.0. The van der Waals surface area contributed by atoms with E-state index in [4.69, 9.17) is 18.9 Å². The van der Waals surface area contributed by atoms with Crippen LogP contribution in [0, 0.1) is 0 Å². The molecule has 0 saturated heterocycles. The molecule has 0 N–H and O–H groups in total. The molecule has 0 atom stereocenters. The third-order valence-electron chi connectivity index (χ3n) is 4.75. The SMILES string of the molecule is CCOC(=O)Cn1c(C(=O)OCC)nc(-c2ccc(OC)cc2)c1-c1ccc(OC)cc1. The van der Waals surface area contributed by atoms with Crippen molar-refractivity contribution < 1.29 is 28.5 Å². The Balaban J connectivity index is 2.24. The molecule has 0 aliphatic carbocycles. The second-order valence-electron chi connectivity index (χ2n) is 6.70. The van der Waals surface area contributed by atoms with Crippen molar-refractivity contribution in [1.29, 1.82) is 0 Å². The van der Waals surface area contributed by atoms with Gasteiger partial charge in [0.2, 0.25) is 5.82 Å². The zero-order valence-electron chi connectivity index (χ0n) is 18.6. The van der Waals surface area contributed by atoms with Crippen molar-refractivity contribution in [3.8, 4) is 34.0 Å². The third-order valence-corrected chi connectivity index (χ3v) is 4.75. The van der Waals surface area contributed by atoms with Crippen LogP contribution < -0.4 is 9.47 Å². The summed E-state index contributed by atoms with van der Waals surface area (Å²) in [7, 11) is 3.17. The highest BCUT2D eigenvalue weighted by Crippen LogP contribution is 2.35. The number of nitrogens with zero attached hydrogens (tertiary/aromatic N) is 2. The largest absolute Gasteiger partial charge is 0.497 e. The Morgan fingerprint density at radius 1 is 0.812 bits per heavy atom. The van der Waals surface area contributed by atoms with E-state index in [1.165, 1.54) is 4.57 Å². The van der Waals surface area contributed by atoms with Crippen LogP contribution in [0.5, 0.6) is 11.5 Å². The predicted molar refractivity (Wildman–Crippen MR) is 119 cm³/mol. The van der Waals surface area contributed by atoms with Gasteiger partial charge in [0.05, 0.1) is 38.8 Å². The Kier molecular flexibility index (Phi) is 7.49. The molecule has 0 spiro atoms. The molecule has 1 heterocycles. The number of hydrogen-bond donors (Lipinski definition) is 0. The summed E-state index contributed by atoms with van der Waals surface area (Å²) in [5, 5.41) is 0. The van der Waals surface area contributed by atoms with Crippen LogP contribution >= 0.6 is 0 Å². The summed E-state index contributed by atoms with van der Waals surface area (Å²) in [6, 6.07) is 14.6. The van der Waals surface area contributed by atoms with E-state index in [2.05, 4.69) is 4.98 Å². The zero-order chi connectivity index (χ0) is 23.1. The molecule has 168 valence electrons. The van der Waals surface area contributed by atoms with E-state index in [0.717, 1.165) is 11.1 Å². The van der Waals surface area contributed by atoms with Crippen molar-refractivity contribution in [2.24, 2.45) is 0 Å². The second kappa shape index (κ2) is 10.5. The summed E-state index contributed by atoms with van der Waals surface area (Å²) >= 11 is 0. The first-order chi connectivity index (χ1) is 15.5. The van der Waals surface area contributed by atoms with Crippen molar-refractivity contribution in [2.45, 2.75) is 20.4 Å². The smallest absolute Gasteiger partial charge is 0.374 e. The van der Waals surface area contributed by atoms with Gasteiger partial charge < -0.3 is 23.5 Å². The molecular formula is C24H26N2O6. The number of carbonyl (C=O) groups is 2. The molecule has 0 bridgehead atoms. The number of carbonyl (C=O) groups excluding carboxylic acids is 2. The molecule has 2 aromatic carbocycles. The highest BCUT2D eigenvalue weighted by molar-refractivity contribution is 5.91. The molecule has 0 aliphatic heterocycles. The molecule has 0 amide bonds. The summed E-state index contributed by atoms with van der Waals surface area (Å²) in [6.07, 6.45) is 0. The van der Waals surface area contributed by atoms with E-state index in [1.54, 1.807) is 40.2 Å². The summed E-state index contributed by atoms with van der Waals surface area (Å²) in [5.41, 5.74) is 2.63. The summed E-state index contributed by atoms with van der Waals surface area (Å²) in [5.74, 6) is 0.299. The third kappa shape index (κ3) is 4.91. The van der Waals surface area contributed by atoms with Gasteiger partial charge in [-0.1, -0.05) is 0 Å². The van der Waals surface area contributed by atoms with Crippen LogP contribution in [-0.2, 0) is 20.8 Å². The molecule has 32 heavy (non-hydrogen) atoms. The van der Waals surface area contributed by atoms with Crippen LogP contribution in [0.1, 0.15) is 24.5 Å². The predicted octanol–water partition coefficient (Wildman–Crippen LogP) is 3.97. The number of hydrogen-bond acceptors (Lipinski definition) is 7. The quantitative estimate of drug-likeness (QED) is 0.467. The number of imidazole rings is 1. The fourth-order valence-corrected chi connectivity index (χ4v) is 3.29. The van der Waals surface area contributed by atoms with E-state index in [9.17, 15) is 9.59 Å². The summed E-state index contributed by atoms with van der Waals surface area (Å²) in [6.45, 7) is 3.66. The van der Waals surface area contributed by atoms with Crippen LogP contribution in [0.3, 0.4) is 0 Å². The Labute approximate surface area is 186 Å². The number of aromatic nitrogens is 2. The number of benzene rings is 2. The van der Waals surface area contributed by atoms with Gasteiger partial charge in [-0.2, -0.15) is 0 Å². The van der Waals surface area contributed by atoms with Crippen LogP contribution in [-0.4, -0.2) is 48.9 Å². The standard InChI is InChI=1S/C24H26N2O6/c1-5-31-20(27)15-26-22(17-9-13-19(30-4)14-10-17)21(25-23(26)24(28)32-6-2)16-7-11-18(29-3)12-8-16/h7-14H,5-6,15H2,1-4H3. The maximum Gasteiger partial charge on any atom is 0.374 e. The fourth-order valence-electron chi connectivity index (χ4n) is 3.29. The maximum absolute atomic E-state index is 12.7. The molecule has 0 aliphatic rings. The number of rotatable bonds is 9. The minimum atomic E-state index is -0.619. The molecule has 1 aromatic heterocycles. The number of esters is 2. The average Bonchev–Trinajstić information content (AvgIpc) is 3.18. The van der Waals surface area contributed by atoms with Gasteiger partial charge >= 0.3 is 11.9 Å². The molecule has 0 fully saturated rings. The Bertz CT molecular complexity index is 1070. The van der Waals surface area contributed by atoms with E-state index < -0.39 is 11.9 Å². The summed E-state index contributed by atoms with van der Waals surface area (Å²) < 4.78 is 22.4. The monoisotopic (exact) mass is 438 g/mol. The fraction of sp³-hybridized carbons (Fsp3) is 0.292. The van der Waals surface area contributed by atoms with Gasteiger partial charge in [0.25, 0.3) is 0 Å². The highest BCUT2D eigenvalue weighted by Gasteiger charge is 2.26. The van der Waals surface area contributed by atoms with E-state index in [1.807, 2.05) is 36.4 Å². The Morgan fingerprint density at radius 3 is 1.84 bits per heavy atom. The first-order valence-corrected chi connectivity index (χ1v) is 10.2. The van der Waals surface area contributed by atoms with E-state index in [0.29, 0.717) is 22.9 Å². The van der Waals surface area contributed by atoms with Gasteiger partial charge in [-0.05, 0) is 62.4 Å². The topological polar surface area (TPSA) is 88.9 Å². The van der Waals surface area contributed by atoms with Gasteiger partial charge in [-0.25, -0.2) is 9.78 Å². The summed E-state index contributed by atoms with van der Waals surface area (Å²) in [4.78, 5) is 29.7. The van der Waals surface area contributed by atoms with Crippen molar-refractivity contribution in [2.75, 3.05) is 27.4 Å². The minimum Gasteiger partial charge on any atom is -0.497 e. The molecule has 0 saturated carbocycles. The molecular weight excluding hydrogens is 412 g/mol. The van der Waals surface area contributed by atoms with Gasteiger partial charge in [-0.15, -0.1) is 0 Å². The van der Waals surface area contributed by atoms with Gasteiger partial charge in [0, 0.05) is 11.1 Å². The molecule has 3 aromatic rings. The number of methoxy groups -OCH3 is 2. The lowest BCUT2D eigenvalue weighted by Crippen LogP contribution is -2.20. The second-order valence-corrected chi connectivity index (χ2v) is 6.70. The van der Waals surface area contributed by atoms with E-state index in [-0.39, 0.29) is 25.6 Å². The van der Waals surface area contributed by atoms with Gasteiger partial charge in [0.15, 0.2) is 0 Å². The minimum absolute atomic E-state index is 0.0246. The number of ether oxygens (including phenoxy) is 4. The zero-order valence-corrected chi connectivity index (χ0v) is 18.6. The van der Waals surface area contributed by atoms with Crippen LogP contribution in [0.4, 0.5) is 0 Å². The van der Waals surface area contributed by atoms with Crippen molar-refractivity contribution in [1.82, 2.24) is 9.55 Å². The lowest BCUT2D eigenvalue weighted by molar-refractivity contribution is -0.143. The van der Waals surface area contributed by atoms with Crippen molar-refractivity contribution >= 4 is 11.9 Å². The van der Waals surface area contributed by atoms with Crippen molar-refractivity contribution in [3.05, 3.63) is 54.4 Å². The van der Waals surface area contributed by atoms with Crippen LogP contribution in [0.15, 0.2) is 48.5 Å². The molecule has 8 heteroatoms. The van der Waals surface area contributed by atoms with Gasteiger partial charge in [0.1, 0.15) is 18.0 Å². The molecule has 0 unspecified atom stereocenters. The molecule has 3 rings (SSSR count). The molecule has 0 radical (unpaired) electrons. The lowest BCUT2D eigenvalue weighted by Gasteiger charge is -2.13. The van der Waals surface area contributed by atoms with Crippen LogP contribution in [0.25, 0.3) is 22.5 Å². The van der Waals surface area contributed by atoms with Gasteiger partial charge in [-0.3, -0.25) is 4.79 Å². The van der Waals surface area contributed by atoms with Crippen LogP contribution in [0.2, 0.25) is 0 Å². The average molecular weight is 438 g/mol. The molecule has 8 nitrogen and oxygen atoms in total. The van der Waals surface area contributed by atoms with E-state index >= 15 is 0 Å². The normalized spacial score (nSPS) is 10.5.